The van der Waals surface area contributed by atoms with Crippen LogP contribution in [0.4, 0.5) is 5.69 Å². The van der Waals surface area contributed by atoms with E-state index < -0.39 is 0 Å². The number of hydrogen-bond acceptors (Lipinski definition) is 4. The lowest BCUT2D eigenvalue weighted by Gasteiger charge is -2.34. The summed E-state index contributed by atoms with van der Waals surface area (Å²) in [6, 6.07) is 19.6. The zero-order valence-electron chi connectivity index (χ0n) is 14.6. The van der Waals surface area contributed by atoms with Crippen LogP contribution >= 0.6 is 12.4 Å². The molecule has 1 amide bonds. The molecule has 0 bridgehead atoms. The third-order valence-corrected chi connectivity index (χ3v) is 4.40. The van der Waals surface area contributed by atoms with Crippen molar-refractivity contribution in [1.82, 2.24) is 9.80 Å². The predicted molar refractivity (Wildman–Crippen MR) is 105 cm³/mol. The maximum Gasteiger partial charge on any atom is 0.238 e. The standard InChI is InChI=1S/C20H22N4O.ClH/c21-14-18-8-4-5-9-19(18)22-20(25)16-24-12-10-23(11-13-24)15-17-6-2-1-3-7-17;/h1-9H,10-13,15-16H2,(H,22,25);1H. The van der Waals surface area contributed by atoms with Crippen LogP contribution in [-0.2, 0) is 11.3 Å². The van der Waals surface area contributed by atoms with Gasteiger partial charge < -0.3 is 5.32 Å². The molecule has 1 N–H and O–H groups in total. The Balaban J connectivity index is 0.00000243. The van der Waals surface area contributed by atoms with E-state index in [2.05, 4.69) is 45.5 Å². The maximum atomic E-state index is 12.2. The topological polar surface area (TPSA) is 59.4 Å². The summed E-state index contributed by atoms with van der Waals surface area (Å²) in [5, 5.41) is 11.9. The second-order valence-electron chi connectivity index (χ2n) is 6.24. The van der Waals surface area contributed by atoms with Gasteiger partial charge in [0.2, 0.25) is 5.91 Å². The number of benzene rings is 2. The normalized spacial score (nSPS) is 14.9. The Morgan fingerprint density at radius 3 is 2.27 bits per heavy atom. The Morgan fingerprint density at radius 2 is 1.58 bits per heavy atom. The molecule has 26 heavy (non-hydrogen) atoms. The smallest absolute Gasteiger partial charge is 0.238 e. The molecule has 0 saturated carbocycles. The highest BCUT2D eigenvalue weighted by Gasteiger charge is 2.19. The van der Waals surface area contributed by atoms with E-state index in [9.17, 15) is 4.79 Å². The molecule has 5 nitrogen and oxygen atoms in total. The Kier molecular flexibility index (Phi) is 7.61. The molecule has 2 aromatic carbocycles. The monoisotopic (exact) mass is 370 g/mol. The number of piperazine rings is 1. The summed E-state index contributed by atoms with van der Waals surface area (Å²) in [4.78, 5) is 16.8. The van der Waals surface area contributed by atoms with E-state index in [4.69, 9.17) is 5.26 Å². The third kappa shape index (κ3) is 5.57. The molecule has 0 radical (unpaired) electrons. The van der Waals surface area contributed by atoms with E-state index in [1.165, 1.54) is 5.56 Å². The largest absolute Gasteiger partial charge is 0.324 e. The van der Waals surface area contributed by atoms with E-state index in [0.717, 1.165) is 32.7 Å². The molecule has 1 fully saturated rings. The van der Waals surface area contributed by atoms with Crippen LogP contribution in [0.15, 0.2) is 54.6 Å². The lowest BCUT2D eigenvalue weighted by molar-refractivity contribution is -0.117. The summed E-state index contributed by atoms with van der Waals surface area (Å²) in [5.74, 6) is -0.0702. The van der Waals surface area contributed by atoms with Crippen LogP contribution in [-0.4, -0.2) is 48.4 Å². The number of hydrogen-bond donors (Lipinski definition) is 1. The van der Waals surface area contributed by atoms with Crippen molar-refractivity contribution >= 4 is 24.0 Å². The maximum absolute atomic E-state index is 12.2. The molecule has 1 aliphatic rings. The number of anilines is 1. The highest BCUT2D eigenvalue weighted by atomic mass is 35.5. The molecule has 0 atom stereocenters. The summed E-state index contributed by atoms with van der Waals surface area (Å²) >= 11 is 0. The first-order chi connectivity index (χ1) is 12.2. The number of nitrogens with one attached hydrogen (secondary N) is 1. The van der Waals surface area contributed by atoms with Crippen LogP contribution in [0.25, 0.3) is 0 Å². The van der Waals surface area contributed by atoms with E-state index in [1.807, 2.05) is 12.1 Å². The van der Waals surface area contributed by atoms with E-state index in [-0.39, 0.29) is 18.3 Å². The van der Waals surface area contributed by atoms with Crippen LogP contribution < -0.4 is 5.32 Å². The van der Waals surface area contributed by atoms with Gasteiger partial charge in [0.15, 0.2) is 0 Å². The number of amides is 1. The van der Waals surface area contributed by atoms with Crippen molar-refractivity contribution in [2.24, 2.45) is 0 Å². The van der Waals surface area contributed by atoms with Gasteiger partial charge in [0.05, 0.1) is 17.8 Å². The molecular formula is C20H23ClN4O. The Morgan fingerprint density at radius 1 is 0.962 bits per heavy atom. The van der Waals surface area contributed by atoms with Crippen LogP contribution in [0.3, 0.4) is 0 Å². The number of halogens is 1. The highest BCUT2D eigenvalue weighted by Crippen LogP contribution is 2.14. The molecule has 0 spiro atoms. The number of carbonyl (C=O) groups excluding carboxylic acids is 1. The lowest BCUT2D eigenvalue weighted by Crippen LogP contribution is -2.48. The van der Waals surface area contributed by atoms with Gasteiger partial charge >= 0.3 is 0 Å². The predicted octanol–water partition coefficient (Wildman–Crippen LogP) is 2.74. The first kappa shape index (κ1) is 19.9. The zero-order chi connectivity index (χ0) is 17.5. The Hall–Kier alpha value is -2.39. The average Bonchev–Trinajstić information content (AvgIpc) is 2.64. The van der Waals surface area contributed by atoms with Crippen LogP contribution in [0.5, 0.6) is 0 Å². The van der Waals surface area contributed by atoms with Crippen molar-refractivity contribution in [1.29, 1.82) is 5.26 Å². The molecule has 2 aromatic rings. The van der Waals surface area contributed by atoms with Gasteiger partial charge in [-0.2, -0.15) is 5.26 Å². The van der Waals surface area contributed by atoms with Gasteiger partial charge in [-0.25, -0.2) is 0 Å². The fourth-order valence-electron chi connectivity index (χ4n) is 3.03. The first-order valence-corrected chi connectivity index (χ1v) is 8.52. The number of para-hydroxylation sites is 1. The van der Waals surface area contributed by atoms with Crippen LogP contribution in [0.2, 0.25) is 0 Å². The highest BCUT2D eigenvalue weighted by molar-refractivity contribution is 5.93. The van der Waals surface area contributed by atoms with Gasteiger partial charge in [-0.05, 0) is 17.7 Å². The van der Waals surface area contributed by atoms with Gasteiger partial charge in [-0.15, -0.1) is 12.4 Å². The Labute approximate surface area is 160 Å². The van der Waals surface area contributed by atoms with Crippen molar-refractivity contribution in [2.45, 2.75) is 6.54 Å². The minimum absolute atomic E-state index is 0. The van der Waals surface area contributed by atoms with Crippen molar-refractivity contribution in [3.63, 3.8) is 0 Å². The van der Waals surface area contributed by atoms with Gasteiger partial charge in [-0.3, -0.25) is 14.6 Å². The summed E-state index contributed by atoms with van der Waals surface area (Å²) in [6.45, 7) is 4.98. The third-order valence-electron chi connectivity index (χ3n) is 4.40. The summed E-state index contributed by atoms with van der Waals surface area (Å²) in [5.41, 5.74) is 2.39. The SMILES string of the molecule is Cl.N#Cc1ccccc1NC(=O)CN1CCN(Cc2ccccc2)CC1. The molecule has 1 aliphatic heterocycles. The van der Waals surface area contributed by atoms with Gasteiger partial charge in [-0.1, -0.05) is 42.5 Å². The van der Waals surface area contributed by atoms with Gasteiger partial charge in [0.1, 0.15) is 6.07 Å². The summed E-state index contributed by atoms with van der Waals surface area (Å²) in [6.07, 6.45) is 0. The summed E-state index contributed by atoms with van der Waals surface area (Å²) in [7, 11) is 0. The van der Waals surface area contributed by atoms with Crippen molar-refractivity contribution in [3.8, 4) is 6.07 Å². The Bertz CT molecular complexity index is 752. The molecule has 0 unspecified atom stereocenters. The molecule has 1 saturated heterocycles. The molecule has 3 rings (SSSR count). The number of nitrogens with zero attached hydrogens (tertiary/aromatic N) is 3. The van der Waals surface area contributed by atoms with Gasteiger partial charge in [0, 0.05) is 32.7 Å². The number of carbonyl (C=O) groups is 1. The molecule has 0 aliphatic carbocycles. The van der Waals surface area contributed by atoms with E-state index in [0.29, 0.717) is 17.8 Å². The van der Waals surface area contributed by atoms with Crippen molar-refractivity contribution in [3.05, 3.63) is 65.7 Å². The quantitative estimate of drug-likeness (QED) is 0.879. The number of rotatable bonds is 5. The molecule has 136 valence electrons. The minimum atomic E-state index is -0.0702. The number of nitriles is 1. The van der Waals surface area contributed by atoms with Gasteiger partial charge in [0.25, 0.3) is 0 Å². The van der Waals surface area contributed by atoms with E-state index >= 15 is 0 Å². The second-order valence-corrected chi connectivity index (χ2v) is 6.24. The molecule has 0 aromatic heterocycles. The lowest BCUT2D eigenvalue weighted by atomic mass is 10.2. The second kappa shape index (κ2) is 9.93. The average molecular weight is 371 g/mol. The van der Waals surface area contributed by atoms with Crippen molar-refractivity contribution < 1.29 is 4.79 Å². The van der Waals surface area contributed by atoms with Crippen LogP contribution in [0, 0.1) is 11.3 Å². The fourth-order valence-corrected chi connectivity index (χ4v) is 3.03. The molecule has 6 heteroatoms. The van der Waals surface area contributed by atoms with Crippen molar-refractivity contribution in [2.75, 3.05) is 38.0 Å². The zero-order valence-corrected chi connectivity index (χ0v) is 15.4. The van der Waals surface area contributed by atoms with E-state index in [1.54, 1.807) is 18.2 Å². The fraction of sp³-hybridized carbons (Fsp3) is 0.300. The molecular weight excluding hydrogens is 348 g/mol. The minimum Gasteiger partial charge on any atom is -0.324 e. The summed E-state index contributed by atoms with van der Waals surface area (Å²) < 4.78 is 0. The molecule has 1 heterocycles. The first-order valence-electron chi connectivity index (χ1n) is 8.52. The van der Waals surface area contributed by atoms with Crippen LogP contribution in [0.1, 0.15) is 11.1 Å².